The van der Waals surface area contributed by atoms with E-state index in [-0.39, 0.29) is 11.6 Å². The van der Waals surface area contributed by atoms with Crippen LogP contribution in [0.15, 0.2) is 36.4 Å². The Morgan fingerprint density at radius 3 is 2.61 bits per heavy atom. The van der Waals surface area contributed by atoms with Crippen LogP contribution in [0.5, 0.6) is 11.6 Å². The molecule has 0 aliphatic carbocycles. The lowest BCUT2D eigenvalue weighted by molar-refractivity contribution is 0.0995. The van der Waals surface area contributed by atoms with Crippen molar-refractivity contribution >= 4 is 11.6 Å². The zero-order valence-corrected chi connectivity index (χ0v) is 9.88. The summed E-state index contributed by atoms with van der Waals surface area (Å²) < 4.78 is 5.59. The highest BCUT2D eigenvalue weighted by Gasteiger charge is 2.10. The molecule has 0 saturated carbocycles. The molecule has 1 aromatic heterocycles. The second kappa shape index (κ2) is 4.75. The number of para-hydroxylation sites is 1. The number of hydrogen-bond acceptors (Lipinski definition) is 4. The number of ether oxygens (including phenoxy) is 1. The van der Waals surface area contributed by atoms with Crippen molar-refractivity contribution in [3.05, 3.63) is 47.7 Å². The Balaban J connectivity index is 2.37. The molecule has 92 valence electrons. The Morgan fingerprint density at radius 2 is 1.94 bits per heavy atom. The van der Waals surface area contributed by atoms with Crippen molar-refractivity contribution in [2.75, 3.05) is 5.73 Å². The largest absolute Gasteiger partial charge is 0.437 e. The van der Waals surface area contributed by atoms with Crippen LogP contribution in [0.1, 0.15) is 16.1 Å². The monoisotopic (exact) mass is 243 g/mol. The second-order valence-corrected chi connectivity index (χ2v) is 3.82. The lowest BCUT2D eigenvalue weighted by Gasteiger charge is -2.10. The molecule has 0 fully saturated rings. The van der Waals surface area contributed by atoms with Gasteiger partial charge in [-0.2, -0.15) is 0 Å². The highest BCUT2D eigenvalue weighted by molar-refractivity contribution is 5.91. The molecule has 0 radical (unpaired) electrons. The van der Waals surface area contributed by atoms with Gasteiger partial charge in [0.05, 0.1) is 5.69 Å². The molecule has 0 unspecified atom stereocenters. The Hall–Kier alpha value is -2.56. The fourth-order valence-electron chi connectivity index (χ4n) is 1.45. The van der Waals surface area contributed by atoms with Crippen LogP contribution in [-0.2, 0) is 0 Å². The number of hydrogen-bond donors (Lipinski definition) is 2. The van der Waals surface area contributed by atoms with Gasteiger partial charge in [0.15, 0.2) is 0 Å². The number of carbonyl (C=O) groups is 1. The molecule has 4 N–H and O–H groups in total. The maximum Gasteiger partial charge on any atom is 0.267 e. The van der Waals surface area contributed by atoms with Crippen LogP contribution < -0.4 is 16.2 Å². The van der Waals surface area contributed by atoms with Gasteiger partial charge < -0.3 is 16.2 Å². The number of nitrogen functional groups attached to an aromatic ring is 1. The lowest BCUT2D eigenvalue weighted by Crippen LogP contribution is -2.13. The molecule has 0 bridgehead atoms. The molecular formula is C13H13N3O2. The van der Waals surface area contributed by atoms with Gasteiger partial charge in [-0.25, -0.2) is 4.98 Å². The first-order valence-corrected chi connectivity index (χ1v) is 5.37. The van der Waals surface area contributed by atoms with Crippen LogP contribution in [0, 0.1) is 6.92 Å². The van der Waals surface area contributed by atoms with Crippen molar-refractivity contribution in [1.29, 1.82) is 0 Å². The molecule has 0 atom stereocenters. The number of primary amides is 1. The summed E-state index contributed by atoms with van der Waals surface area (Å²) in [5.41, 5.74) is 12.3. The van der Waals surface area contributed by atoms with Crippen molar-refractivity contribution in [3.8, 4) is 11.6 Å². The zero-order chi connectivity index (χ0) is 13.1. The van der Waals surface area contributed by atoms with E-state index in [1.807, 2.05) is 25.1 Å². The normalized spacial score (nSPS) is 10.1. The maximum atomic E-state index is 11.0. The number of anilines is 1. The van der Waals surface area contributed by atoms with E-state index in [2.05, 4.69) is 4.98 Å². The zero-order valence-electron chi connectivity index (χ0n) is 9.88. The average Bonchev–Trinajstić information content (AvgIpc) is 2.34. The smallest absolute Gasteiger partial charge is 0.267 e. The lowest BCUT2D eigenvalue weighted by atomic mass is 10.2. The fraction of sp³-hybridized carbons (Fsp3) is 0.0769. The van der Waals surface area contributed by atoms with Crippen LogP contribution in [0.3, 0.4) is 0 Å². The summed E-state index contributed by atoms with van der Waals surface area (Å²) in [7, 11) is 0. The third-order valence-corrected chi connectivity index (χ3v) is 2.44. The summed E-state index contributed by atoms with van der Waals surface area (Å²) >= 11 is 0. The molecule has 0 spiro atoms. The van der Waals surface area contributed by atoms with E-state index in [4.69, 9.17) is 16.2 Å². The van der Waals surface area contributed by atoms with Crippen molar-refractivity contribution < 1.29 is 9.53 Å². The van der Waals surface area contributed by atoms with Crippen LogP contribution in [-0.4, -0.2) is 10.9 Å². The van der Waals surface area contributed by atoms with Crippen molar-refractivity contribution in [3.63, 3.8) is 0 Å². The van der Waals surface area contributed by atoms with Gasteiger partial charge in [-0.15, -0.1) is 0 Å². The van der Waals surface area contributed by atoms with Crippen molar-refractivity contribution in [2.45, 2.75) is 6.92 Å². The highest BCUT2D eigenvalue weighted by atomic mass is 16.5. The molecule has 18 heavy (non-hydrogen) atoms. The van der Waals surface area contributed by atoms with Gasteiger partial charge >= 0.3 is 0 Å². The Bertz CT molecular complexity index is 597. The number of benzene rings is 1. The number of nitrogens with zero attached hydrogens (tertiary/aromatic N) is 1. The number of rotatable bonds is 3. The number of nitrogens with two attached hydrogens (primary N) is 2. The topological polar surface area (TPSA) is 91.2 Å². The van der Waals surface area contributed by atoms with Gasteiger partial charge in [0.25, 0.3) is 5.91 Å². The minimum atomic E-state index is -0.621. The van der Waals surface area contributed by atoms with E-state index in [0.717, 1.165) is 5.56 Å². The van der Waals surface area contributed by atoms with Crippen molar-refractivity contribution in [1.82, 2.24) is 4.98 Å². The predicted molar refractivity (Wildman–Crippen MR) is 68.4 cm³/mol. The first-order valence-electron chi connectivity index (χ1n) is 5.37. The molecule has 1 amide bonds. The van der Waals surface area contributed by atoms with E-state index in [1.165, 1.54) is 6.07 Å². The summed E-state index contributed by atoms with van der Waals surface area (Å²) in [5.74, 6) is 0.198. The summed E-state index contributed by atoms with van der Waals surface area (Å²) in [6, 6.07) is 10.5. The highest BCUT2D eigenvalue weighted by Crippen LogP contribution is 2.27. The molecular weight excluding hydrogens is 230 g/mol. The number of carbonyl (C=O) groups excluding carboxylic acids is 1. The first kappa shape index (κ1) is 11.9. The van der Waals surface area contributed by atoms with Gasteiger partial charge in [0.2, 0.25) is 5.88 Å². The van der Waals surface area contributed by atoms with E-state index < -0.39 is 5.91 Å². The first-order chi connectivity index (χ1) is 8.58. The molecule has 1 aromatic carbocycles. The van der Waals surface area contributed by atoms with Gasteiger partial charge in [-0.1, -0.05) is 18.2 Å². The van der Waals surface area contributed by atoms with Crippen LogP contribution >= 0.6 is 0 Å². The maximum absolute atomic E-state index is 11.0. The van der Waals surface area contributed by atoms with Crippen LogP contribution in [0.4, 0.5) is 5.69 Å². The Morgan fingerprint density at radius 1 is 1.22 bits per heavy atom. The molecule has 0 aliphatic heterocycles. The van der Waals surface area contributed by atoms with Gasteiger partial charge in [-0.3, -0.25) is 4.79 Å². The number of pyridine rings is 1. The molecule has 2 rings (SSSR count). The summed E-state index contributed by atoms with van der Waals surface area (Å²) in [5, 5.41) is 0. The molecule has 1 heterocycles. The number of aromatic nitrogens is 1. The quantitative estimate of drug-likeness (QED) is 0.860. The molecule has 0 saturated heterocycles. The molecule has 5 heteroatoms. The van der Waals surface area contributed by atoms with Gasteiger partial charge in [0, 0.05) is 0 Å². The van der Waals surface area contributed by atoms with E-state index in [1.54, 1.807) is 12.1 Å². The summed E-state index contributed by atoms with van der Waals surface area (Å²) in [6.07, 6.45) is 0. The fourth-order valence-corrected chi connectivity index (χ4v) is 1.45. The van der Waals surface area contributed by atoms with E-state index >= 15 is 0 Å². The standard InChI is InChI=1S/C13H13N3O2/c1-8-4-2-3-5-11(8)18-13-9(14)6-7-10(16-13)12(15)17/h2-7H,14H2,1H3,(H2,15,17). The Labute approximate surface area is 104 Å². The summed E-state index contributed by atoms with van der Waals surface area (Å²) in [4.78, 5) is 15.0. The van der Waals surface area contributed by atoms with E-state index in [0.29, 0.717) is 11.4 Å². The predicted octanol–water partition coefficient (Wildman–Crippen LogP) is 1.86. The SMILES string of the molecule is Cc1ccccc1Oc1nc(C(N)=O)ccc1N. The minimum Gasteiger partial charge on any atom is -0.437 e. The Kier molecular flexibility index (Phi) is 3.14. The van der Waals surface area contributed by atoms with E-state index in [9.17, 15) is 4.79 Å². The molecule has 2 aromatic rings. The van der Waals surface area contributed by atoms with Crippen LogP contribution in [0.25, 0.3) is 0 Å². The van der Waals surface area contributed by atoms with Gasteiger partial charge in [-0.05, 0) is 30.7 Å². The third kappa shape index (κ3) is 2.40. The third-order valence-electron chi connectivity index (χ3n) is 2.44. The number of aryl methyl sites for hydroxylation is 1. The second-order valence-electron chi connectivity index (χ2n) is 3.82. The number of amides is 1. The van der Waals surface area contributed by atoms with Crippen molar-refractivity contribution in [2.24, 2.45) is 5.73 Å². The van der Waals surface area contributed by atoms with Gasteiger partial charge in [0.1, 0.15) is 11.4 Å². The minimum absolute atomic E-state index is 0.118. The average molecular weight is 243 g/mol. The summed E-state index contributed by atoms with van der Waals surface area (Å²) in [6.45, 7) is 1.91. The molecule has 5 nitrogen and oxygen atoms in total. The van der Waals surface area contributed by atoms with Crippen LogP contribution in [0.2, 0.25) is 0 Å². The molecule has 0 aliphatic rings.